The first-order valence-corrected chi connectivity index (χ1v) is 12.1. The van der Waals surface area contributed by atoms with Gasteiger partial charge in [-0.1, -0.05) is 18.2 Å². The largest absolute Gasteiger partial charge is 0.493 e. The number of ether oxygens (including phenoxy) is 2. The Morgan fingerprint density at radius 3 is 2.59 bits per heavy atom. The van der Waals surface area contributed by atoms with Crippen molar-refractivity contribution < 1.29 is 14.3 Å². The maximum absolute atomic E-state index is 13.9. The molecule has 0 unspecified atom stereocenters. The summed E-state index contributed by atoms with van der Waals surface area (Å²) in [5.74, 6) is 1.86. The molecule has 37 heavy (non-hydrogen) atoms. The van der Waals surface area contributed by atoms with Crippen LogP contribution in [0.3, 0.4) is 0 Å². The molecule has 1 aliphatic rings. The number of carbonyl (C=O) groups excluding carboxylic acids is 1. The van der Waals surface area contributed by atoms with Crippen LogP contribution in [-0.2, 0) is 0 Å². The Kier molecular flexibility index (Phi) is 6.86. The Morgan fingerprint density at radius 1 is 0.946 bits per heavy atom. The van der Waals surface area contributed by atoms with E-state index in [2.05, 4.69) is 16.0 Å². The molecule has 0 saturated carbocycles. The van der Waals surface area contributed by atoms with Crippen LogP contribution in [0.15, 0.2) is 66.9 Å². The fourth-order valence-electron chi connectivity index (χ4n) is 4.73. The molecule has 0 aliphatic carbocycles. The highest BCUT2D eigenvalue weighted by Gasteiger charge is 2.24. The van der Waals surface area contributed by atoms with Crippen molar-refractivity contribution >= 4 is 22.6 Å². The number of pyridine rings is 2. The van der Waals surface area contributed by atoms with Gasteiger partial charge in [0.2, 0.25) is 0 Å². The van der Waals surface area contributed by atoms with E-state index >= 15 is 0 Å². The summed E-state index contributed by atoms with van der Waals surface area (Å²) in [6.07, 6.45) is 2.47. The van der Waals surface area contributed by atoms with E-state index in [1.807, 2.05) is 53.4 Å². The molecular formula is C29H27N5O3. The zero-order valence-electron chi connectivity index (χ0n) is 20.8. The summed E-state index contributed by atoms with van der Waals surface area (Å²) in [7, 11) is 3.19. The van der Waals surface area contributed by atoms with Crippen LogP contribution >= 0.6 is 0 Å². The maximum atomic E-state index is 13.9. The Morgan fingerprint density at radius 2 is 1.78 bits per heavy atom. The summed E-state index contributed by atoms with van der Waals surface area (Å²) in [6, 6.07) is 20.9. The summed E-state index contributed by atoms with van der Waals surface area (Å²) in [4.78, 5) is 27.1. The van der Waals surface area contributed by atoms with Crippen LogP contribution in [0, 0.1) is 11.3 Å². The fourth-order valence-corrected chi connectivity index (χ4v) is 4.73. The second-order valence-electron chi connectivity index (χ2n) is 8.76. The minimum absolute atomic E-state index is 0.0382. The molecule has 0 spiro atoms. The standard InChI is InChI=1S/C29H27N5O3/c1-36-26-11-10-20(17-27(26)37-2)25-18-23(22-8-3-4-9-24(22)32-25)29(35)34-14-6-13-33(15-16-34)28-21(19-30)7-5-12-31-28/h3-5,7-12,17-18H,6,13-16H2,1-2H3. The van der Waals surface area contributed by atoms with E-state index in [1.54, 1.807) is 32.5 Å². The normalized spacial score (nSPS) is 13.6. The van der Waals surface area contributed by atoms with E-state index in [9.17, 15) is 10.1 Å². The van der Waals surface area contributed by atoms with Gasteiger partial charge in [0, 0.05) is 43.3 Å². The molecule has 1 aliphatic heterocycles. The van der Waals surface area contributed by atoms with Crippen molar-refractivity contribution in [3.05, 3.63) is 78.0 Å². The number of amides is 1. The Hall–Kier alpha value is -4.64. The van der Waals surface area contributed by atoms with Gasteiger partial charge in [-0.15, -0.1) is 0 Å². The summed E-state index contributed by atoms with van der Waals surface area (Å²) in [5.41, 5.74) is 3.42. The molecule has 0 N–H and O–H groups in total. The first-order valence-electron chi connectivity index (χ1n) is 12.1. The third kappa shape index (κ3) is 4.76. The Balaban J connectivity index is 1.48. The number of para-hydroxylation sites is 1. The highest BCUT2D eigenvalue weighted by atomic mass is 16.5. The average Bonchev–Trinajstić information content (AvgIpc) is 3.22. The molecule has 0 atom stereocenters. The second kappa shape index (κ2) is 10.5. The van der Waals surface area contributed by atoms with Crippen LogP contribution in [0.4, 0.5) is 5.82 Å². The van der Waals surface area contributed by atoms with Crippen molar-refractivity contribution in [3.63, 3.8) is 0 Å². The van der Waals surface area contributed by atoms with Crippen molar-refractivity contribution in [2.24, 2.45) is 0 Å². The van der Waals surface area contributed by atoms with Gasteiger partial charge in [-0.3, -0.25) is 4.79 Å². The van der Waals surface area contributed by atoms with Gasteiger partial charge in [0.1, 0.15) is 11.9 Å². The number of nitrogens with zero attached hydrogens (tertiary/aromatic N) is 5. The van der Waals surface area contributed by atoms with Crippen molar-refractivity contribution in [2.45, 2.75) is 6.42 Å². The molecule has 8 heteroatoms. The van der Waals surface area contributed by atoms with Gasteiger partial charge in [0.15, 0.2) is 11.5 Å². The number of fused-ring (bicyclic) bond motifs is 1. The van der Waals surface area contributed by atoms with Gasteiger partial charge in [-0.05, 0) is 48.9 Å². The smallest absolute Gasteiger partial charge is 0.254 e. The quantitative estimate of drug-likeness (QED) is 0.403. The van der Waals surface area contributed by atoms with E-state index in [0.717, 1.165) is 29.4 Å². The maximum Gasteiger partial charge on any atom is 0.254 e. The number of nitriles is 1. The Labute approximate surface area is 215 Å². The van der Waals surface area contributed by atoms with Crippen molar-refractivity contribution in [3.8, 4) is 28.8 Å². The minimum atomic E-state index is -0.0382. The van der Waals surface area contributed by atoms with Crippen LogP contribution < -0.4 is 14.4 Å². The van der Waals surface area contributed by atoms with E-state index < -0.39 is 0 Å². The lowest BCUT2D eigenvalue weighted by Gasteiger charge is -2.24. The van der Waals surface area contributed by atoms with Crippen LogP contribution in [0.1, 0.15) is 22.3 Å². The number of anilines is 1. The number of aromatic nitrogens is 2. The summed E-state index contributed by atoms with van der Waals surface area (Å²) >= 11 is 0. The number of methoxy groups -OCH3 is 2. The van der Waals surface area contributed by atoms with Gasteiger partial charge in [0.05, 0.1) is 36.6 Å². The monoisotopic (exact) mass is 493 g/mol. The van der Waals surface area contributed by atoms with Crippen LogP contribution in [-0.4, -0.2) is 61.2 Å². The lowest BCUT2D eigenvalue weighted by molar-refractivity contribution is 0.0769. The molecular weight excluding hydrogens is 466 g/mol. The molecule has 0 bridgehead atoms. The number of hydrogen-bond acceptors (Lipinski definition) is 7. The molecule has 186 valence electrons. The molecule has 2 aromatic carbocycles. The SMILES string of the molecule is COc1ccc(-c2cc(C(=O)N3CCCN(c4ncccc4C#N)CC3)c3ccccc3n2)cc1OC. The summed E-state index contributed by atoms with van der Waals surface area (Å²) in [6.45, 7) is 2.47. The average molecular weight is 494 g/mol. The first-order chi connectivity index (χ1) is 18.1. The third-order valence-electron chi connectivity index (χ3n) is 6.62. The highest BCUT2D eigenvalue weighted by molar-refractivity contribution is 6.07. The summed E-state index contributed by atoms with van der Waals surface area (Å²) < 4.78 is 10.9. The van der Waals surface area contributed by atoms with E-state index in [4.69, 9.17) is 14.5 Å². The molecule has 3 heterocycles. The molecule has 1 fully saturated rings. The predicted molar refractivity (Wildman–Crippen MR) is 142 cm³/mol. The van der Waals surface area contributed by atoms with Crippen LogP contribution in [0.2, 0.25) is 0 Å². The fraction of sp³-hybridized carbons (Fsp3) is 0.241. The van der Waals surface area contributed by atoms with Gasteiger partial charge < -0.3 is 19.3 Å². The van der Waals surface area contributed by atoms with Gasteiger partial charge >= 0.3 is 0 Å². The summed E-state index contributed by atoms with van der Waals surface area (Å²) in [5, 5.41) is 10.3. The van der Waals surface area contributed by atoms with Gasteiger partial charge in [0.25, 0.3) is 5.91 Å². The number of carbonyl (C=O) groups is 1. The van der Waals surface area contributed by atoms with Crippen molar-refractivity contribution in [1.29, 1.82) is 5.26 Å². The molecule has 8 nitrogen and oxygen atoms in total. The molecule has 2 aromatic heterocycles. The van der Waals surface area contributed by atoms with Crippen molar-refractivity contribution in [1.82, 2.24) is 14.9 Å². The van der Waals surface area contributed by atoms with Gasteiger partial charge in [-0.25, -0.2) is 9.97 Å². The molecule has 0 radical (unpaired) electrons. The van der Waals surface area contributed by atoms with Crippen LogP contribution in [0.5, 0.6) is 11.5 Å². The number of rotatable bonds is 5. The lowest BCUT2D eigenvalue weighted by atomic mass is 10.0. The zero-order valence-corrected chi connectivity index (χ0v) is 20.8. The lowest BCUT2D eigenvalue weighted by Crippen LogP contribution is -2.35. The van der Waals surface area contributed by atoms with Gasteiger partial charge in [-0.2, -0.15) is 5.26 Å². The number of hydrogen-bond donors (Lipinski definition) is 0. The van der Waals surface area contributed by atoms with E-state index in [1.165, 1.54) is 0 Å². The van der Waals surface area contributed by atoms with E-state index in [0.29, 0.717) is 53.8 Å². The molecule has 1 amide bonds. The highest BCUT2D eigenvalue weighted by Crippen LogP contribution is 2.33. The van der Waals surface area contributed by atoms with Crippen LogP contribution in [0.25, 0.3) is 22.2 Å². The van der Waals surface area contributed by atoms with Crippen molar-refractivity contribution in [2.75, 3.05) is 45.3 Å². The first kappa shape index (κ1) is 24.1. The molecule has 4 aromatic rings. The minimum Gasteiger partial charge on any atom is -0.493 e. The second-order valence-corrected chi connectivity index (χ2v) is 8.76. The Bertz CT molecular complexity index is 1500. The molecule has 5 rings (SSSR count). The number of benzene rings is 2. The van der Waals surface area contributed by atoms with E-state index in [-0.39, 0.29) is 5.91 Å². The topological polar surface area (TPSA) is 91.6 Å². The zero-order chi connectivity index (χ0) is 25.8. The molecule has 1 saturated heterocycles. The predicted octanol–water partition coefficient (Wildman–Crippen LogP) is 4.54. The third-order valence-corrected chi connectivity index (χ3v) is 6.62.